The van der Waals surface area contributed by atoms with Crippen molar-refractivity contribution in [1.29, 1.82) is 0 Å². The molecule has 0 aliphatic rings. The van der Waals surface area contributed by atoms with Crippen molar-refractivity contribution < 1.29 is 10.0 Å². The molecule has 0 fully saturated rings. The summed E-state index contributed by atoms with van der Waals surface area (Å²) in [6.45, 7) is 1.84. The van der Waals surface area contributed by atoms with Crippen molar-refractivity contribution in [2.75, 3.05) is 7.11 Å². The number of amidine groups is 1. The molecule has 0 bridgehead atoms. The van der Waals surface area contributed by atoms with Crippen molar-refractivity contribution in [3.8, 4) is 0 Å². The van der Waals surface area contributed by atoms with Crippen LogP contribution in [0.5, 0.6) is 0 Å². The Morgan fingerprint density at radius 1 is 1.27 bits per heavy atom. The van der Waals surface area contributed by atoms with E-state index in [2.05, 4.69) is 15.1 Å². The molecule has 1 rings (SSSR count). The van der Waals surface area contributed by atoms with E-state index in [1.807, 2.05) is 19.1 Å². The minimum Gasteiger partial charge on any atom is -0.409 e. The fourth-order valence-electron chi connectivity index (χ4n) is 1.13. The third kappa shape index (κ3) is 2.70. The first-order valence-corrected chi connectivity index (χ1v) is 4.35. The molecule has 15 heavy (non-hydrogen) atoms. The lowest BCUT2D eigenvalue weighted by Gasteiger charge is -2.01. The molecule has 0 heterocycles. The highest BCUT2D eigenvalue weighted by atomic mass is 16.6. The molecule has 0 radical (unpaired) electrons. The molecule has 1 aromatic rings. The Kier molecular flexibility index (Phi) is 3.68. The Balaban J connectivity index is 2.95. The lowest BCUT2D eigenvalue weighted by molar-refractivity contribution is 0.213. The van der Waals surface area contributed by atoms with Gasteiger partial charge >= 0.3 is 0 Å². The van der Waals surface area contributed by atoms with E-state index < -0.39 is 0 Å². The molecule has 5 heteroatoms. The van der Waals surface area contributed by atoms with Crippen LogP contribution in [0.15, 0.2) is 34.6 Å². The summed E-state index contributed by atoms with van der Waals surface area (Å²) in [6.07, 6.45) is 0. The van der Waals surface area contributed by atoms with Crippen molar-refractivity contribution >= 4 is 11.5 Å². The molecule has 0 aromatic heterocycles. The second kappa shape index (κ2) is 4.99. The van der Waals surface area contributed by atoms with E-state index in [1.54, 1.807) is 12.1 Å². The third-order valence-electron chi connectivity index (χ3n) is 1.93. The second-order valence-electron chi connectivity index (χ2n) is 2.92. The first kappa shape index (κ1) is 11.0. The second-order valence-corrected chi connectivity index (χ2v) is 2.92. The van der Waals surface area contributed by atoms with Crippen LogP contribution in [-0.2, 0) is 4.84 Å². The highest BCUT2D eigenvalue weighted by Crippen LogP contribution is 2.05. The highest BCUT2D eigenvalue weighted by Gasteiger charge is 2.01. The maximum absolute atomic E-state index is 8.47. The molecule has 3 N–H and O–H groups in total. The average molecular weight is 207 g/mol. The fourth-order valence-corrected chi connectivity index (χ4v) is 1.13. The molecule has 1 aromatic carbocycles. The molecule has 0 saturated carbocycles. The summed E-state index contributed by atoms with van der Waals surface area (Å²) < 4.78 is 0. The SMILES string of the molecule is CO/N=C(\C)c1ccc(C(N)=NO)cc1. The van der Waals surface area contributed by atoms with E-state index in [4.69, 9.17) is 10.9 Å². The van der Waals surface area contributed by atoms with Gasteiger partial charge in [-0.05, 0) is 12.5 Å². The van der Waals surface area contributed by atoms with Crippen molar-refractivity contribution in [1.82, 2.24) is 0 Å². The number of benzene rings is 1. The average Bonchev–Trinajstić information content (AvgIpc) is 2.28. The van der Waals surface area contributed by atoms with Gasteiger partial charge in [-0.2, -0.15) is 0 Å². The molecule has 5 nitrogen and oxygen atoms in total. The van der Waals surface area contributed by atoms with E-state index in [9.17, 15) is 0 Å². The summed E-state index contributed by atoms with van der Waals surface area (Å²) in [5.41, 5.74) is 7.77. The van der Waals surface area contributed by atoms with Crippen molar-refractivity contribution in [3.05, 3.63) is 35.4 Å². The van der Waals surface area contributed by atoms with Crippen LogP contribution in [0.4, 0.5) is 0 Å². The Labute approximate surface area is 87.8 Å². The molecule has 0 saturated heterocycles. The summed E-state index contributed by atoms with van der Waals surface area (Å²) in [5.74, 6) is 0.0860. The molecule has 0 unspecified atom stereocenters. The zero-order chi connectivity index (χ0) is 11.3. The normalized spacial score (nSPS) is 12.7. The van der Waals surface area contributed by atoms with Gasteiger partial charge < -0.3 is 15.8 Å². The standard InChI is InChI=1S/C10H13N3O2/c1-7(13-15-2)8-3-5-9(6-4-8)10(11)12-14/h3-6,14H,1-2H3,(H2,11,12)/b13-7+. The van der Waals surface area contributed by atoms with E-state index >= 15 is 0 Å². The summed E-state index contributed by atoms with van der Waals surface area (Å²) in [5, 5.41) is 15.2. The predicted octanol–water partition coefficient (Wildman–Crippen LogP) is 1.15. The third-order valence-corrected chi connectivity index (χ3v) is 1.93. The highest BCUT2D eigenvalue weighted by molar-refractivity contribution is 6.01. The molecule has 80 valence electrons. The van der Waals surface area contributed by atoms with Gasteiger partial charge in [0.15, 0.2) is 5.84 Å². The van der Waals surface area contributed by atoms with Crippen LogP contribution in [0.1, 0.15) is 18.1 Å². The Morgan fingerprint density at radius 2 is 1.80 bits per heavy atom. The van der Waals surface area contributed by atoms with Gasteiger partial charge in [-0.3, -0.25) is 0 Å². The van der Waals surface area contributed by atoms with Crippen LogP contribution >= 0.6 is 0 Å². The smallest absolute Gasteiger partial charge is 0.170 e. The van der Waals surface area contributed by atoms with Crippen molar-refractivity contribution in [3.63, 3.8) is 0 Å². The molecular weight excluding hydrogens is 194 g/mol. The Hall–Kier alpha value is -2.04. The van der Waals surface area contributed by atoms with Crippen LogP contribution < -0.4 is 5.73 Å². The molecule has 0 amide bonds. The number of hydrogen-bond acceptors (Lipinski definition) is 4. The number of nitrogens with zero attached hydrogens (tertiary/aromatic N) is 2. The molecular formula is C10H13N3O2. The fraction of sp³-hybridized carbons (Fsp3) is 0.200. The summed E-state index contributed by atoms with van der Waals surface area (Å²) >= 11 is 0. The van der Waals surface area contributed by atoms with Gasteiger partial charge in [-0.1, -0.05) is 34.6 Å². The van der Waals surface area contributed by atoms with Crippen LogP contribution in [0.3, 0.4) is 0 Å². The van der Waals surface area contributed by atoms with Crippen LogP contribution in [-0.4, -0.2) is 23.9 Å². The monoisotopic (exact) mass is 207 g/mol. The van der Waals surface area contributed by atoms with Crippen molar-refractivity contribution in [2.45, 2.75) is 6.92 Å². The van der Waals surface area contributed by atoms with E-state index in [0.29, 0.717) is 5.56 Å². The Bertz CT molecular complexity index is 382. The maximum atomic E-state index is 8.47. The Morgan fingerprint density at radius 3 is 2.27 bits per heavy atom. The van der Waals surface area contributed by atoms with Gasteiger partial charge in [0.25, 0.3) is 0 Å². The molecule has 0 atom stereocenters. The molecule has 0 aliphatic carbocycles. The topological polar surface area (TPSA) is 80.2 Å². The molecule has 0 spiro atoms. The van der Waals surface area contributed by atoms with Gasteiger partial charge in [-0.15, -0.1) is 0 Å². The summed E-state index contributed by atoms with van der Waals surface area (Å²) in [6, 6.07) is 7.15. The zero-order valence-electron chi connectivity index (χ0n) is 8.64. The minimum absolute atomic E-state index is 0.0860. The van der Waals surface area contributed by atoms with Crippen LogP contribution in [0.2, 0.25) is 0 Å². The first-order valence-electron chi connectivity index (χ1n) is 4.35. The van der Waals surface area contributed by atoms with Crippen LogP contribution in [0, 0.1) is 0 Å². The largest absolute Gasteiger partial charge is 0.409 e. The number of rotatable bonds is 3. The van der Waals surface area contributed by atoms with E-state index in [0.717, 1.165) is 11.3 Å². The van der Waals surface area contributed by atoms with Crippen molar-refractivity contribution in [2.24, 2.45) is 16.0 Å². The zero-order valence-corrected chi connectivity index (χ0v) is 8.64. The molecule has 0 aliphatic heterocycles. The van der Waals surface area contributed by atoms with E-state index in [1.165, 1.54) is 7.11 Å². The van der Waals surface area contributed by atoms with Crippen LogP contribution in [0.25, 0.3) is 0 Å². The van der Waals surface area contributed by atoms with Gasteiger partial charge in [0.2, 0.25) is 0 Å². The lowest BCUT2D eigenvalue weighted by atomic mass is 10.1. The number of oxime groups is 2. The first-order chi connectivity index (χ1) is 7.19. The number of hydrogen-bond donors (Lipinski definition) is 2. The maximum Gasteiger partial charge on any atom is 0.170 e. The summed E-state index contributed by atoms with van der Waals surface area (Å²) in [4.78, 5) is 4.66. The van der Waals surface area contributed by atoms with Gasteiger partial charge in [0.05, 0.1) is 5.71 Å². The summed E-state index contributed by atoms with van der Waals surface area (Å²) in [7, 11) is 1.49. The predicted molar refractivity (Wildman–Crippen MR) is 58.2 cm³/mol. The minimum atomic E-state index is 0.0860. The number of nitrogens with two attached hydrogens (primary N) is 1. The quantitative estimate of drug-likeness (QED) is 0.337. The lowest BCUT2D eigenvalue weighted by Crippen LogP contribution is -2.13. The van der Waals surface area contributed by atoms with Gasteiger partial charge in [0, 0.05) is 5.56 Å². The van der Waals surface area contributed by atoms with E-state index in [-0.39, 0.29) is 5.84 Å². The van der Waals surface area contributed by atoms with Gasteiger partial charge in [0.1, 0.15) is 7.11 Å². The van der Waals surface area contributed by atoms with Gasteiger partial charge in [-0.25, -0.2) is 0 Å².